The number of aliphatic hydroxyl groups is 1. The first-order valence-electron chi connectivity index (χ1n) is 5.44. The smallest absolute Gasteiger partial charge is 0.279 e. The van der Waals surface area contributed by atoms with Gasteiger partial charge in [-0.3, -0.25) is 0 Å². The molecule has 0 aliphatic rings. The van der Waals surface area contributed by atoms with Gasteiger partial charge in [0.15, 0.2) is 0 Å². The minimum absolute atomic E-state index is 0.00475. The monoisotopic (exact) mass is 274 g/mol. The van der Waals surface area contributed by atoms with Crippen LogP contribution in [0.2, 0.25) is 0 Å². The SMILES string of the molecule is COc1cccc(CN(C)S(=O)(=O)NCCO)c1. The van der Waals surface area contributed by atoms with Crippen LogP contribution in [0.4, 0.5) is 0 Å². The van der Waals surface area contributed by atoms with Gasteiger partial charge in [-0.05, 0) is 17.7 Å². The van der Waals surface area contributed by atoms with Crippen LogP contribution in [0.25, 0.3) is 0 Å². The van der Waals surface area contributed by atoms with E-state index in [0.717, 1.165) is 5.56 Å². The Bertz CT molecular complexity index is 476. The fourth-order valence-electron chi connectivity index (χ4n) is 1.40. The van der Waals surface area contributed by atoms with Crippen LogP contribution in [0, 0.1) is 0 Å². The summed E-state index contributed by atoms with van der Waals surface area (Å²) in [4.78, 5) is 0. The molecule has 102 valence electrons. The molecule has 0 unspecified atom stereocenters. The number of hydrogen-bond acceptors (Lipinski definition) is 4. The largest absolute Gasteiger partial charge is 0.497 e. The van der Waals surface area contributed by atoms with Crippen LogP contribution >= 0.6 is 0 Å². The Hall–Kier alpha value is -1.15. The molecule has 0 spiro atoms. The fraction of sp³-hybridized carbons (Fsp3) is 0.455. The van der Waals surface area contributed by atoms with E-state index in [9.17, 15) is 8.42 Å². The molecular weight excluding hydrogens is 256 g/mol. The van der Waals surface area contributed by atoms with Gasteiger partial charge in [0.25, 0.3) is 10.2 Å². The zero-order valence-corrected chi connectivity index (χ0v) is 11.3. The van der Waals surface area contributed by atoms with Gasteiger partial charge in [0.2, 0.25) is 0 Å². The molecule has 6 nitrogen and oxygen atoms in total. The summed E-state index contributed by atoms with van der Waals surface area (Å²) in [5.74, 6) is 0.682. The number of hydrogen-bond donors (Lipinski definition) is 2. The molecule has 1 aromatic rings. The summed E-state index contributed by atoms with van der Waals surface area (Å²) in [6.07, 6.45) is 0. The Morgan fingerprint density at radius 2 is 2.17 bits per heavy atom. The molecule has 0 aliphatic heterocycles. The first-order chi connectivity index (χ1) is 8.49. The van der Waals surface area contributed by atoms with Crippen molar-refractivity contribution in [1.29, 1.82) is 0 Å². The Morgan fingerprint density at radius 3 is 2.78 bits per heavy atom. The van der Waals surface area contributed by atoms with Gasteiger partial charge in [-0.1, -0.05) is 12.1 Å². The van der Waals surface area contributed by atoms with E-state index < -0.39 is 10.2 Å². The molecule has 1 aromatic carbocycles. The van der Waals surface area contributed by atoms with Crippen molar-refractivity contribution >= 4 is 10.2 Å². The van der Waals surface area contributed by atoms with Crippen molar-refractivity contribution in [2.75, 3.05) is 27.3 Å². The average molecular weight is 274 g/mol. The number of ether oxygens (including phenoxy) is 1. The number of benzene rings is 1. The molecule has 0 radical (unpaired) electrons. The third-order valence-corrected chi connectivity index (χ3v) is 3.86. The maximum atomic E-state index is 11.7. The zero-order valence-electron chi connectivity index (χ0n) is 10.5. The van der Waals surface area contributed by atoms with Crippen molar-refractivity contribution in [3.8, 4) is 5.75 Å². The topological polar surface area (TPSA) is 78.9 Å². The molecule has 0 saturated heterocycles. The third-order valence-electron chi connectivity index (χ3n) is 2.35. The van der Waals surface area contributed by atoms with Gasteiger partial charge in [-0.2, -0.15) is 17.4 Å². The lowest BCUT2D eigenvalue weighted by Crippen LogP contribution is -2.39. The van der Waals surface area contributed by atoms with Crippen LogP contribution in [0.5, 0.6) is 5.75 Å². The highest BCUT2D eigenvalue weighted by Gasteiger charge is 2.16. The average Bonchev–Trinajstić information content (AvgIpc) is 2.36. The molecular formula is C11H18N2O4S. The molecule has 0 aromatic heterocycles. The van der Waals surface area contributed by atoms with Gasteiger partial charge in [-0.15, -0.1) is 0 Å². The molecule has 18 heavy (non-hydrogen) atoms. The van der Waals surface area contributed by atoms with E-state index in [4.69, 9.17) is 9.84 Å². The molecule has 0 amide bonds. The maximum absolute atomic E-state index is 11.7. The van der Waals surface area contributed by atoms with E-state index in [1.165, 1.54) is 11.4 Å². The minimum atomic E-state index is -3.56. The van der Waals surface area contributed by atoms with Gasteiger partial charge in [0.05, 0.1) is 13.7 Å². The van der Waals surface area contributed by atoms with Crippen LogP contribution < -0.4 is 9.46 Å². The Labute approximate surface area is 107 Å². The predicted molar refractivity (Wildman–Crippen MR) is 68.5 cm³/mol. The Kier molecular flexibility index (Phi) is 5.54. The van der Waals surface area contributed by atoms with Crippen LogP contribution in [-0.4, -0.2) is 45.1 Å². The van der Waals surface area contributed by atoms with Crippen molar-refractivity contribution in [2.45, 2.75) is 6.54 Å². The Balaban J connectivity index is 2.71. The summed E-state index contributed by atoms with van der Waals surface area (Å²) < 4.78 is 32.0. The van der Waals surface area contributed by atoms with E-state index in [2.05, 4.69) is 4.72 Å². The lowest BCUT2D eigenvalue weighted by Gasteiger charge is -2.17. The van der Waals surface area contributed by atoms with Gasteiger partial charge in [0.1, 0.15) is 5.75 Å². The molecule has 0 fully saturated rings. The van der Waals surface area contributed by atoms with Crippen LogP contribution in [0.3, 0.4) is 0 Å². The predicted octanol–water partition coefficient (Wildman–Crippen LogP) is -0.0463. The molecule has 0 heterocycles. The number of rotatable bonds is 7. The molecule has 0 aliphatic carbocycles. The summed E-state index contributed by atoms with van der Waals surface area (Å²) >= 11 is 0. The van der Waals surface area contributed by atoms with Crippen molar-refractivity contribution in [2.24, 2.45) is 0 Å². The van der Waals surface area contributed by atoms with Crippen LogP contribution in [0.15, 0.2) is 24.3 Å². The van der Waals surface area contributed by atoms with E-state index in [-0.39, 0.29) is 19.7 Å². The van der Waals surface area contributed by atoms with Gasteiger partial charge < -0.3 is 9.84 Å². The third kappa shape index (κ3) is 4.26. The van der Waals surface area contributed by atoms with E-state index in [0.29, 0.717) is 5.75 Å². The highest BCUT2D eigenvalue weighted by molar-refractivity contribution is 7.87. The first-order valence-corrected chi connectivity index (χ1v) is 6.88. The second kappa shape index (κ2) is 6.69. The van der Waals surface area contributed by atoms with Crippen molar-refractivity contribution in [1.82, 2.24) is 9.03 Å². The first kappa shape index (κ1) is 14.9. The molecule has 1 rings (SSSR count). The van der Waals surface area contributed by atoms with Crippen LogP contribution in [-0.2, 0) is 16.8 Å². The van der Waals surface area contributed by atoms with E-state index >= 15 is 0 Å². The quantitative estimate of drug-likeness (QED) is 0.731. The summed E-state index contributed by atoms with van der Waals surface area (Å²) in [5.41, 5.74) is 0.825. The standard InChI is InChI=1S/C11H18N2O4S/c1-13(18(15,16)12-6-7-14)9-10-4-3-5-11(8-10)17-2/h3-5,8,12,14H,6-7,9H2,1-2H3. The van der Waals surface area contributed by atoms with Crippen molar-refractivity contribution in [3.05, 3.63) is 29.8 Å². The summed E-state index contributed by atoms with van der Waals surface area (Å²) in [5, 5.41) is 8.61. The second-order valence-corrected chi connectivity index (χ2v) is 5.59. The summed E-state index contributed by atoms with van der Waals surface area (Å²) in [7, 11) is -0.528. The lowest BCUT2D eigenvalue weighted by molar-refractivity contribution is 0.299. The number of aliphatic hydroxyl groups excluding tert-OH is 1. The van der Waals surface area contributed by atoms with E-state index in [1.807, 2.05) is 6.07 Å². The highest BCUT2D eigenvalue weighted by Crippen LogP contribution is 2.14. The molecule has 7 heteroatoms. The van der Waals surface area contributed by atoms with E-state index in [1.54, 1.807) is 25.3 Å². The Morgan fingerprint density at radius 1 is 1.44 bits per heavy atom. The normalized spacial score (nSPS) is 11.8. The molecule has 0 saturated carbocycles. The highest BCUT2D eigenvalue weighted by atomic mass is 32.2. The molecule has 0 atom stereocenters. The molecule has 0 bridgehead atoms. The minimum Gasteiger partial charge on any atom is -0.497 e. The lowest BCUT2D eigenvalue weighted by atomic mass is 10.2. The maximum Gasteiger partial charge on any atom is 0.279 e. The summed E-state index contributed by atoms with van der Waals surface area (Å²) in [6, 6.07) is 7.19. The number of methoxy groups -OCH3 is 1. The van der Waals surface area contributed by atoms with Gasteiger partial charge >= 0.3 is 0 Å². The second-order valence-electron chi connectivity index (χ2n) is 3.73. The van der Waals surface area contributed by atoms with Crippen molar-refractivity contribution in [3.63, 3.8) is 0 Å². The number of nitrogens with zero attached hydrogens (tertiary/aromatic N) is 1. The summed E-state index contributed by atoms with van der Waals surface area (Å²) in [6.45, 7) is 0.00890. The number of nitrogens with one attached hydrogen (secondary N) is 1. The van der Waals surface area contributed by atoms with Gasteiger partial charge in [0, 0.05) is 20.1 Å². The van der Waals surface area contributed by atoms with Crippen LogP contribution in [0.1, 0.15) is 5.56 Å². The van der Waals surface area contributed by atoms with Gasteiger partial charge in [-0.25, -0.2) is 0 Å². The fourth-order valence-corrected chi connectivity index (χ4v) is 2.29. The van der Waals surface area contributed by atoms with Crippen molar-refractivity contribution < 1.29 is 18.3 Å². The zero-order chi connectivity index (χ0) is 13.6. The molecule has 2 N–H and O–H groups in total.